The number of rotatable bonds is 10. The molecule has 8 aromatic carbocycles. The SMILES string of the molecule is O=C(Oc1ccc2cc(S(=O)(=O)[O-])cc(OC(=O)c3ccccc3)c2c1)c1ccccc1.O=C(Oc1ccc2cc(S(=O)(=O)[O-])cc(OC(=O)c3ccccc3)c2c1)c1ccccc1.[Ni+2]. The Bertz CT molecular complexity index is 3060. The number of fused-ring (bicyclic) bond motifs is 2. The summed E-state index contributed by atoms with van der Waals surface area (Å²) in [7, 11) is -9.62. The van der Waals surface area contributed by atoms with Crippen molar-refractivity contribution >= 4 is 65.7 Å². The average molecular weight is 954 g/mol. The molecule has 8 aromatic rings. The van der Waals surface area contributed by atoms with E-state index in [0.29, 0.717) is 32.7 Å². The average Bonchev–Trinajstić information content (AvgIpc) is 3.29. The van der Waals surface area contributed by atoms with Crippen LogP contribution in [-0.2, 0) is 36.7 Å². The fraction of sp³-hybridized carbons (Fsp3) is 0. The zero-order chi connectivity index (χ0) is 45.4. The molecule has 0 amide bonds. The molecule has 0 aliphatic heterocycles. The van der Waals surface area contributed by atoms with Gasteiger partial charge in [0.1, 0.15) is 43.2 Å². The van der Waals surface area contributed by atoms with Gasteiger partial charge in [-0.05, 0) is 108 Å². The molecule has 17 heteroatoms. The first-order valence-corrected chi connectivity index (χ1v) is 21.6. The van der Waals surface area contributed by atoms with Crippen LogP contribution in [0.4, 0.5) is 0 Å². The Morgan fingerprint density at radius 2 is 0.631 bits per heavy atom. The van der Waals surface area contributed by atoms with E-state index in [0.717, 1.165) is 12.1 Å². The van der Waals surface area contributed by atoms with E-state index in [-0.39, 0.29) is 50.6 Å². The van der Waals surface area contributed by atoms with Crippen molar-refractivity contribution in [2.24, 2.45) is 0 Å². The second-order valence-electron chi connectivity index (χ2n) is 13.5. The van der Waals surface area contributed by atoms with Gasteiger partial charge in [-0.15, -0.1) is 0 Å². The summed E-state index contributed by atoms with van der Waals surface area (Å²) in [6.07, 6.45) is 0. The van der Waals surface area contributed by atoms with Crippen LogP contribution < -0.4 is 18.9 Å². The van der Waals surface area contributed by atoms with Crippen molar-refractivity contribution in [3.05, 3.63) is 204 Å². The van der Waals surface area contributed by atoms with E-state index < -0.39 is 53.9 Å². The van der Waals surface area contributed by atoms with Gasteiger partial charge < -0.3 is 28.1 Å². The van der Waals surface area contributed by atoms with Crippen LogP contribution in [0, 0.1) is 0 Å². The van der Waals surface area contributed by atoms with Gasteiger partial charge in [-0.25, -0.2) is 36.0 Å². The van der Waals surface area contributed by atoms with Crippen LogP contribution in [0.1, 0.15) is 41.4 Å². The smallest absolute Gasteiger partial charge is 0.744 e. The van der Waals surface area contributed by atoms with Crippen molar-refractivity contribution < 1.29 is 80.6 Å². The molecule has 0 N–H and O–H groups in total. The predicted molar refractivity (Wildman–Crippen MR) is 229 cm³/mol. The molecule has 0 heterocycles. The van der Waals surface area contributed by atoms with Crippen LogP contribution in [0.5, 0.6) is 23.0 Å². The summed E-state index contributed by atoms with van der Waals surface area (Å²) < 4.78 is 91.1. The molecule has 0 spiro atoms. The number of ether oxygens (including phenoxy) is 4. The Morgan fingerprint density at radius 3 is 0.908 bits per heavy atom. The minimum Gasteiger partial charge on any atom is -0.744 e. The first-order chi connectivity index (χ1) is 30.6. The Labute approximate surface area is 381 Å². The number of benzene rings is 8. The number of hydrogen-bond acceptors (Lipinski definition) is 14. The first kappa shape index (κ1) is 47.0. The zero-order valence-electron chi connectivity index (χ0n) is 33.2. The fourth-order valence-corrected chi connectivity index (χ4v) is 7.13. The summed E-state index contributed by atoms with van der Waals surface area (Å²) in [5, 5.41) is 1.22. The Kier molecular flexibility index (Phi) is 14.7. The second kappa shape index (κ2) is 20.3. The van der Waals surface area contributed by atoms with Crippen molar-refractivity contribution in [1.82, 2.24) is 0 Å². The first-order valence-electron chi connectivity index (χ1n) is 18.8. The molecule has 65 heavy (non-hydrogen) atoms. The number of carbonyl (C=O) groups excluding carboxylic acids is 4. The van der Waals surface area contributed by atoms with E-state index in [1.165, 1.54) is 72.8 Å². The Morgan fingerprint density at radius 1 is 0.354 bits per heavy atom. The third-order valence-corrected chi connectivity index (χ3v) is 10.8. The van der Waals surface area contributed by atoms with Gasteiger partial charge in [0, 0.05) is 10.8 Å². The van der Waals surface area contributed by atoms with Crippen LogP contribution in [0.15, 0.2) is 192 Å². The molecular formula is C48H30NiO14S2. The molecule has 0 saturated heterocycles. The third kappa shape index (κ3) is 11.9. The minimum atomic E-state index is -4.81. The van der Waals surface area contributed by atoms with Crippen molar-refractivity contribution in [3.63, 3.8) is 0 Å². The van der Waals surface area contributed by atoms with Gasteiger partial charge in [0.25, 0.3) is 0 Å². The quantitative estimate of drug-likeness (QED) is 0.0544. The molecule has 328 valence electrons. The van der Waals surface area contributed by atoms with Crippen LogP contribution in [0.2, 0.25) is 0 Å². The van der Waals surface area contributed by atoms with Gasteiger partial charge in [-0.2, -0.15) is 0 Å². The second-order valence-corrected chi connectivity index (χ2v) is 16.3. The van der Waals surface area contributed by atoms with E-state index in [9.17, 15) is 45.1 Å². The molecule has 0 aromatic heterocycles. The monoisotopic (exact) mass is 952 g/mol. The molecule has 0 atom stereocenters. The van der Waals surface area contributed by atoms with Crippen LogP contribution >= 0.6 is 0 Å². The van der Waals surface area contributed by atoms with Crippen LogP contribution in [0.25, 0.3) is 21.5 Å². The van der Waals surface area contributed by atoms with Crippen molar-refractivity contribution in [2.45, 2.75) is 9.79 Å². The number of esters is 4. The van der Waals surface area contributed by atoms with E-state index in [1.54, 1.807) is 97.1 Å². The molecule has 0 aliphatic rings. The normalized spacial score (nSPS) is 11.0. The Balaban J connectivity index is 0.000000212. The van der Waals surface area contributed by atoms with E-state index in [1.807, 2.05) is 0 Å². The molecule has 0 bridgehead atoms. The summed E-state index contributed by atoms with van der Waals surface area (Å²) in [4.78, 5) is 48.7. The molecule has 0 aliphatic carbocycles. The topological polar surface area (TPSA) is 220 Å². The summed E-state index contributed by atoms with van der Waals surface area (Å²) in [6.45, 7) is 0. The maximum atomic E-state index is 12.5. The summed E-state index contributed by atoms with van der Waals surface area (Å²) in [6, 6.07) is 45.9. The largest absolute Gasteiger partial charge is 2.00 e. The van der Waals surface area contributed by atoms with Gasteiger partial charge in [-0.1, -0.05) is 84.9 Å². The summed E-state index contributed by atoms with van der Waals surface area (Å²) >= 11 is 0. The third-order valence-electron chi connectivity index (χ3n) is 9.16. The van der Waals surface area contributed by atoms with E-state index in [4.69, 9.17) is 18.9 Å². The zero-order valence-corrected chi connectivity index (χ0v) is 35.8. The van der Waals surface area contributed by atoms with Gasteiger partial charge in [0.15, 0.2) is 0 Å². The number of carbonyl (C=O) groups is 4. The van der Waals surface area contributed by atoms with E-state index in [2.05, 4.69) is 0 Å². The summed E-state index contributed by atoms with van der Waals surface area (Å²) in [5.74, 6) is -2.65. The predicted octanol–water partition coefficient (Wildman–Crippen LogP) is 8.36. The molecule has 8 rings (SSSR count). The van der Waals surface area contributed by atoms with Gasteiger partial charge in [-0.3, -0.25) is 0 Å². The maximum Gasteiger partial charge on any atom is 2.00 e. The molecule has 0 fully saturated rings. The maximum absolute atomic E-state index is 12.5. The Hall–Kier alpha value is -7.53. The fourth-order valence-electron chi connectivity index (χ4n) is 6.08. The van der Waals surface area contributed by atoms with Crippen molar-refractivity contribution in [1.29, 1.82) is 0 Å². The standard InChI is InChI=1S/2C24H16O7S.Ni/c2*25-23(16-7-3-1-4-8-16)30-19-12-11-18-13-20(32(27,28)29)15-22(21(18)14-19)31-24(26)17-9-5-2-6-10-17;/h2*1-15H,(H,27,28,29);/q;;+2/p-2. The molecule has 14 nitrogen and oxygen atoms in total. The molecule has 0 unspecified atom stereocenters. The van der Waals surface area contributed by atoms with Gasteiger partial charge in [0.05, 0.1) is 32.0 Å². The van der Waals surface area contributed by atoms with Crippen LogP contribution in [-0.4, -0.2) is 49.8 Å². The summed E-state index contributed by atoms with van der Waals surface area (Å²) in [5.41, 5.74) is 1.16. The van der Waals surface area contributed by atoms with Crippen LogP contribution in [0.3, 0.4) is 0 Å². The molecule has 0 radical (unpaired) electrons. The molecule has 0 saturated carbocycles. The van der Waals surface area contributed by atoms with Crippen molar-refractivity contribution in [2.75, 3.05) is 0 Å². The van der Waals surface area contributed by atoms with E-state index >= 15 is 0 Å². The molecular weight excluding hydrogens is 923 g/mol. The van der Waals surface area contributed by atoms with Gasteiger partial charge >= 0.3 is 40.4 Å². The van der Waals surface area contributed by atoms with Crippen molar-refractivity contribution in [3.8, 4) is 23.0 Å². The minimum absolute atomic E-state index is 0. The van der Waals surface area contributed by atoms with Gasteiger partial charge in [0.2, 0.25) is 0 Å². The number of hydrogen-bond donors (Lipinski definition) is 0.